The Morgan fingerprint density at radius 2 is 2.50 bits per heavy atom. The Kier molecular flexibility index (Phi) is 4.30. The number of aromatic nitrogens is 3. The number of nitrogens with one attached hydrogen (secondary N) is 2. The summed E-state index contributed by atoms with van der Waals surface area (Å²) in [5.41, 5.74) is 0. The summed E-state index contributed by atoms with van der Waals surface area (Å²) < 4.78 is 1.67. The molecule has 2 unspecified atom stereocenters. The van der Waals surface area contributed by atoms with Crippen LogP contribution in [0.4, 0.5) is 0 Å². The van der Waals surface area contributed by atoms with Crippen LogP contribution in [0.2, 0.25) is 0 Å². The highest BCUT2D eigenvalue weighted by atomic mass is 16.1. The van der Waals surface area contributed by atoms with Gasteiger partial charge in [0.1, 0.15) is 6.33 Å². The van der Waals surface area contributed by atoms with Crippen LogP contribution in [0.3, 0.4) is 0 Å². The van der Waals surface area contributed by atoms with Crippen molar-refractivity contribution in [2.24, 2.45) is 13.0 Å². The minimum Gasteiger partial charge on any atom is -0.355 e. The van der Waals surface area contributed by atoms with E-state index >= 15 is 0 Å². The van der Waals surface area contributed by atoms with Crippen LogP contribution in [-0.4, -0.2) is 39.8 Å². The highest BCUT2D eigenvalue weighted by molar-refractivity contribution is 5.78. The van der Waals surface area contributed by atoms with Gasteiger partial charge in [-0.1, -0.05) is 0 Å². The Morgan fingerprint density at radius 1 is 1.67 bits per heavy atom. The second-order valence-electron chi connectivity index (χ2n) is 4.95. The number of carbonyl (C=O) groups is 1. The van der Waals surface area contributed by atoms with Gasteiger partial charge >= 0.3 is 0 Å². The van der Waals surface area contributed by atoms with Gasteiger partial charge in [-0.15, -0.1) is 0 Å². The van der Waals surface area contributed by atoms with Crippen molar-refractivity contribution in [2.45, 2.75) is 32.2 Å². The van der Waals surface area contributed by atoms with Crippen molar-refractivity contribution in [3.05, 3.63) is 12.2 Å². The molecule has 6 heteroatoms. The van der Waals surface area contributed by atoms with Crippen LogP contribution in [0.15, 0.2) is 6.33 Å². The molecule has 1 amide bonds. The van der Waals surface area contributed by atoms with E-state index in [2.05, 4.69) is 27.6 Å². The molecule has 0 bridgehead atoms. The molecule has 0 saturated carbocycles. The third-order valence-corrected chi connectivity index (χ3v) is 3.29. The number of nitrogens with zero attached hydrogens (tertiary/aromatic N) is 3. The number of rotatable bonds is 4. The van der Waals surface area contributed by atoms with Gasteiger partial charge in [0.2, 0.25) is 5.91 Å². The first-order valence-electron chi connectivity index (χ1n) is 6.51. The lowest BCUT2D eigenvalue weighted by Gasteiger charge is -2.27. The van der Waals surface area contributed by atoms with E-state index in [0.717, 1.165) is 25.2 Å². The highest BCUT2D eigenvalue weighted by Crippen LogP contribution is 2.15. The maximum Gasteiger partial charge on any atom is 0.223 e. The molecule has 0 aliphatic carbocycles. The maximum atomic E-state index is 12.0. The van der Waals surface area contributed by atoms with Gasteiger partial charge in [-0.25, -0.2) is 4.98 Å². The average Bonchev–Trinajstić information content (AvgIpc) is 2.75. The predicted octanol–water partition coefficient (Wildman–Crippen LogP) is -0.138. The molecular weight excluding hydrogens is 230 g/mol. The molecular formula is C12H21N5O. The van der Waals surface area contributed by atoms with E-state index in [1.165, 1.54) is 0 Å². The maximum absolute atomic E-state index is 12.0. The van der Waals surface area contributed by atoms with Crippen molar-refractivity contribution < 1.29 is 4.79 Å². The van der Waals surface area contributed by atoms with E-state index in [9.17, 15) is 4.79 Å². The fourth-order valence-electron chi connectivity index (χ4n) is 2.31. The molecule has 1 aliphatic rings. The van der Waals surface area contributed by atoms with Gasteiger partial charge in [0.05, 0.1) is 0 Å². The van der Waals surface area contributed by atoms with E-state index in [1.807, 2.05) is 7.05 Å². The summed E-state index contributed by atoms with van der Waals surface area (Å²) in [5, 5.41) is 10.5. The van der Waals surface area contributed by atoms with Crippen molar-refractivity contribution in [3.63, 3.8) is 0 Å². The molecule has 1 aromatic rings. The summed E-state index contributed by atoms with van der Waals surface area (Å²) in [6, 6.07) is 0.437. The molecule has 6 nitrogen and oxygen atoms in total. The summed E-state index contributed by atoms with van der Waals surface area (Å²) in [4.78, 5) is 16.1. The molecule has 0 spiro atoms. The lowest BCUT2D eigenvalue weighted by atomic mass is 9.92. The zero-order valence-electron chi connectivity index (χ0n) is 11.0. The molecule has 18 heavy (non-hydrogen) atoms. The number of amides is 1. The number of hydrogen-bond donors (Lipinski definition) is 2. The van der Waals surface area contributed by atoms with E-state index < -0.39 is 0 Å². The first kappa shape index (κ1) is 13.0. The summed E-state index contributed by atoms with van der Waals surface area (Å²) in [7, 11) is 1.84. The van der Waals surface area contributed by atoms with Crippen molar-refractivity contribution in [3.8, 4) is 0 Å². The molecule has 2 atom stereocenters. The van der Waals surface area contributed by atoms with Gasteiger partial charge in [-0.05, 0) is 26.3 Å². The molecule has 1 aromatic heterocycles. The third-order valence-electron chi connectivity index (χ3n) is 3.29. The van der Waals surface area contributed by atoms with Gasteiger partial charge in [-0.3, -0.25) is 9.48 Å². The summed E-state index contributed by atoms with van der Waals surface area (Å²) in [5.74, 6) is 1.09. The van der Waals surface area contributed by atoms with Crippen molar-refractivity contribution in [1.29, 1.82) is 0 Å². The van der Waals surface area contributed by atoms with Crippen LogP contribution in [0.25, 0.3) is 0 Å². The third kappa shape index (κ3) is 3.53. The van der Waals surface area contributed by atoms with Crippen molar-refractivity contribution in [2.75, 3.05) is 13.1 Å². The summed E-state index contributed by atoms with van der Waals surface area (Å²) >= 11 is 0. The van der Waals surface area contributed by atoms with Gasteiger partial charge < -0.3 is 10.6 Å². The number of aryl methyl sites for hydroxylation is 1. The van der Waals surface area contributed by atoms with Crippen LogP contribution in [-0.2, 0) is 18.3 Å². The molecule has 1 saturated heterocycles. The average molecular weight is 251 g/mol. The molecule has 2 rings (SSSR count). The van der Waals surface area contributed by atoms with Crippen molar-refractivity contribution in [1.82, 2.24) is 25.4 Å². The highest BCUT2D eigenvalue weighted by Gasteiger charge is 2.24. The SMILES string of the molecule is CC1CC(C(=O)NCCc2ncn(C)n2)CCN1. The van der Waals surface area contributed by atoms with Crippen LogP contribution in [0.5, 0.6) is 0 Å². The Hall–Kier alpha value is -1.43. The molecule has 100 valence electrons. The lowest BCUT2D eigenvalue weighted by Crippen LogP contribution is -2.42. The second-order valence-corrected chi connectivity index (χ2v) is 4.95. The van der Waals surface area contributed by atoms with Gasteiger partial charge in [0.25, 0.3) is 0 Å². The largest absolute Gasteiger partial charge is 0.355 e. The van der Waals surface area contributed by atoms with Crippen LogP contribution in [0.1, 0.15) is 25.6 Å². The molecule has 2 heterocycles. The molecule has 0 aromatic carbocycles. The fraction of sp³-hybridized carbons (Fsp3) is 0.750. The summed E-state index contributed by atoms with van der Waals surface area (Å²) in [6.45, 7) is 3.67. The topological polar surface area (TPSA) is 71.8 Å². The van der Waals surface area contributed by atoms with Gasteiger partial charge in [-0.2, -0.15) is 5.10 Å². The van der Waals surface area contributed by atoms with Gasteiger partial charge in [0, 0.05) is 32.0 Å². The Labute approximate surface area is 107 Å². The minimum atomic E-state index is 0.151. The van der Waals surface area contributed by atoms with Crippen molar-refractivity contribution >= 4 is 5.91 Å². The Bertz CT molecular complexity index is 403. The molecule has 0 radical (unpaired) electrons. The fourth-order valence-corrected chi connectivity index (χ4v) is 2.31. The number of carbonyl (C=O) groups excluding carboxylic acids is 1. The number of hydrogen-bond acceptors (Lipinski definition) is 4. The van der Waals surface area contributed by atoms with E-state index in [0.29, 0.717) is 19.0 Å². The quantitative estimate of drug-likeness (QED) is 0.781. The van der Waals surface area contributed by atoms with E-state index in [1.54, 1.807) is 11.0 Å². The molecule has 1 fully saturated rings. The zero-order chi connectivity index (χ0) is 13.0. The van der Waals surface area contributed by atoms with E-state index in [4.69, 9.17) is 0 Å². The standard InChI is InChI=1S/C12H21N5O/c1-9-7-10(3-5-13-9)12(18)14-6-4-11-15-8-17(2)16-11/h8-10,13H,3-7H2,1-2H3,(H,14,18). The van der Waals surface area contributed by atoms with E-state index in [-0.39, 0.29) is 11.8 Å². The summed E-state index contributed by atoms with van der Waals surface area (Å²) in [6.07, 6.45) is 4.21. The zero-order valence-corrected chi connectivity index (χ0v) is 11.0. The lowest BCUT2D eigenvalue weighted by molar-refractivity contribution is -0.126. The minimum absolute atomic E-state index is 0.151. The molecule has 1 aliphatic heterocycles. The molecule has 2 N–H and O–H groups in total. The Morgan fingerprint density at radius 3 is 3.17 bits per heavy atom. The second kappa shape index (κ2) is 5.95. The number of piperidine rings is 1. The first-order chi connectivity index (χ1) is 8.65. The smallest absolute Gasteiger partial charge is 0.223 e. The predicted molar refractivity (Wildman–Crippen MR) is 67.9 cm³/mol. The first-order valence-corrected chi connectivity index (χ1v) is 6.51. The van der Waals surface area contributed by atoms with Crippen LogP contribution < -0.4 is 10.6 Å². The van der Waals surface area contributed by atoms with Crippen LogP contribution in [0, 0.1) is 5.92 Å². The van der Waals surface area contributed by atoms with Crippen LogP contribution >= 0.6 is 0 Å². The normalized spacial score (nSPS) is 23.9. The Balaban J connectivity index is 1.71. The van der Waals surface area contributed by atoms with Gasteiger partial charge in [0.15, 0.2) is 5.82 Å². The monoisotopic (exact) mass is 251 g/mol.